The van der Waals surface area contributed by atoms with Gasteiger partial charge in [0.05, 0.1) is 12.2 Å². The van der Waals surface area contributed by atoms with E-state index in [-0.39, 0.29) is 6.04 Å². The van der Waals surface area contributed by atoms with Crippen molar-refractivity contribution in [3.05, 3.63) is 53.3 Å². The summed E-state index contributed by atoms with van der Waals surface area (Å²) in [6, 6.07) is 9.93. The van der Waals surface area contributed by atoms with Gasteiger partial charge in [0.25, 0.3) is 0 Å². The number of rotatable bonds is 2. The molecule has 3 heteroatoms. The average Bonchev–Trinajstić information content (AvgIpc) is 2.65. The number of aryl methyl sites for hydroxylation is 1. The number of nitrogens with zero attached hydrogens (tertiary/aromatic N) is 1. The lowest BCUT2D eigenvalue weighted by Crippen LogP contribution is -2.11. The van der Waals surface area contributed by atoms with E-state index in [9.17, 15) is 0 Å². The molecule has 1 aromatic carbocycles. The van der Waals surface area contributed by atoms with Crippen molar-refractivity contribution in [1.82, 2.24) is 10.2 Å². The predicted molar refractivity (Wildman–Crippen MR) is 55.8 cm³/mol. The fourth-order valence-electron chi connectivity index (χ4n) is 1.51. The predicted octanol–water partition coefficient (Wildman–Crippen LogP) is 1.77. The number of nitrogens with two attached hydrogens (primary N) is 1. The van der Waals surface area contributed by atoms with Crippen molar-refractivity contribution in [2.24, 2.45) is 5.73 Å². The van der Waals surface area contributed by atoms with Crippen molar-refractivity contribution in [3.63, 3.8) is 0 Å². The number of aromatic nitrogens is 2. The van der Waals surface area contributed by atoms with Gasteiger partial charge in [-0.2, -0.15) is 5.10 Å². The second-order valence-corrected chi connectivity index (χ2v) is 3.34. The van der Waals surface area contributed by atoms with E-state index >= 15 is 0 Å². The summed E-state index contributed by atoms with van der Waals surface area (Å²) < 4.78 is 0. The Morgan fingerprint density at radius 3 is 2.57 bits per heavy atom. The van der Waals surface area contributed by atoms with Crippen LogP contribution >= 0.6 is 0 Å². The Bertz CT molecular complexity index is 405. The van der Waals surface area contributed by atoms with Crippen LogP contribution in [0.4, 0.5) is 0 Å². The maximum atomic E-state index is 6.10. The molecule has 3 N–H and O–H groups in total. The highest BCUT2D eigenvalue weighted by Crippen LogP contribution is 2.20. The molecule has 1 heterocycles. The fraction of sp³-hybridized carbons (Fsp3) is 0.182. The Kier molecular flexibility index (Phi) is 2.33. The molecule has 0 amide bonds. The average molecular weight is 187 g/mol. The largest absolute Gasteiger partial charge is 0.320 e. The van der Waals surface area contributed by atoms with E-state index in [4.69, 9.17) is 5.73 Å². The van der Waals surface area contributed by atoms with Crippen LogP contribution in [-0.2, 0) is 0 Å². The molecule has 0 spiro atoms. The van der Waals surface area contributed by atoms with Crippen LogP contribution in [0, 0.1) is 6.92 Å². The van der Waals surface area contributed by atoms with Crippen LogP contribution in [0.15, 0.2) is 36.5 Å². The molecule has 0 saturated heterocycles. The summed E-state index contributed by atoms with van der Waals surface area (Å²) in [6.45, 7) is 1.98. The highest BCUT2D eigenvalue weighted by molar-refractivity contribution is 5.31. The molecule has 0 aliphatic heterocycles. The highest BCUT2D eigenvalue weighted by Gasteiger charge is 2.11. The normalized spacial score (nSPS) is 12.7. The van der Waals surface area contributed by atoms with E-state index in [1.54, 1.807) is 6.20 Å². The summed E-state index contributed by atoms with van der Waals surface area (Å²) in [5.74, 6) is 0. The lowest BCUT2D eigenvalue weighted by atomic mass is 10.0. The fourth-order valence-corrected chi connectivity index (χ4v) is 1.51. The molecule has 0 aliphatic carbocycles. The summed E-state index contributed by atoms with van der Waals surface area (Å²) in [4.78, 5) is 0. The van der Waals surface area contributed by atoms with Gasteiger partial charge in [-0.25, -0.2) is 0 Å². The first-order chi connectivity index (χ1) is 6.79. The van der Waals surface area contributed by atoms with Crippen molar-refractivity contribution in [3.8, 4) is 0 Å². The molecule has 1 atom stereocenters. The maximum Gasteiger partial charge on any atom is 0.0585 e. The molecule has 14 heavy (non-hydrogen) atoms. The van der Waals surface area contributed by atoms with Crippen molar-refractivity contribution in [2.45, 2.75) is 13.0 Å². The molecule has 2 aromatic rings. The SMILES string of the molecule is Cc1[nH]ncc1[C@@H](N)c1ccccc1. The molecule has 72 valence electrons. The summed E-state index contributed by atoms with van der Waals surface area (Å²) >= 11 is 0. The van der Waals surface area contributed by atoms with Crippen molar-refractivity contribution >= 4 is 0 Å². The van der Waals surface area contributed by atoms with Crippen LogP contribution in [0.2, 0.25) is 0 Å². The zero-order valence-electron chi connectivity index (χ0n) is 8.07. The molecule has 1 aromatic heterocycles. The van der Waals surface area contributed by atoms with Gasteiger partial charge >= 0.3 is 0 Å². The Balaban J connectivity index is 2.34. The van der Waals surface area contributed by atoms with E-state index in [1.807, 2.05) is 37.3 Å². The van der Waals surface area contributed by atoms with Crippen LogP contribution in [0.3, 0.4) is 0 Å². The standard InChI is InChI=1S/C11H13N3/c1-8-10(7-13-14-8)11(12)9-5-3-2-4-6-9/h2-7,11H,12H2,1H3,(H,13,14)/t11-/m0/s1. The zero-order chi connectivity index (χ0) is 9.97. The minimum absolute atomic E-state index is 0.0880. The van der Waals surface area contributed by atoms with Crippen molar-refractivity contribution < 1.29 is 0 Å². The Morgan fingerprint density at radius 1 is 1.29 bits per heavy atom. The molecule has 0 radical (unpaired) electrons. The van der Waals surface area contributed by atoms with Crippen molar-refractivity contribution in [1.29, 1.82) is 0 Å². The van der Waals surface area contributed by atoms with Gasteiger partial charge in [-0.3, -0.25) is 5.10 Å². The molecule has 0 saturated carbocycles. The first kappa shape index (κ1) is 8.97. The second-order valence-electron chi connectivity index (χ2n) is 3.34. The smallest absolute Gasteiger partial charge is 0.0585 e. The van der Waals surface area contributed by atoms with E-state index < -0.39 is 0 Å². The zero-order valence-corrected chi connectivity index (χ0v) is 8.07. The number of hydrogen-bond acceptors (Lipinski definition) is 2. The van der Waals surface area contributed by atoms with Gasteiger partial charge in [-0.1, -0.05) is 30.3 Å². The Hall–Kier alpha value is -1.61. The van der Waals surface area contributed by atoms with Gasteiger partial charge in [0.2, 0.25) is 0 Å². The number of benzene rings is 1. The summed E-state index contributed by atoms with van der Waals surface area (Å²) in [5, 5.41) is 6.85. The third-order valence-corrected chi connectivity index (χ3v) is 2.36. The third kappa shape index (κ3) is 1.54. The molecule has 2 rings (SSSR count). The summed E-state index contributed by atoms with van der Waals surface area (Å²) in [7, 11) is 0. The molecule has 0 unspecified atom stereocenters. The van der Waals surface area contributed by atoms with Gasteiger partial charge in [-0.05, 0) is 12.5 Å². The second kappa shape index (κ2) is 3.64. The number of hydrogen-bond donors (Lipinski definition) is 2. The minimum atomic E-state index is -0.0880. The lowest BCUT2D eigenvalue weighted by Gasteiger charge is -2.10. The van der Waals surface area contributed by atoms with E-state index in [0.717, 1.165) is 16.8 Å². The minimum Gasteiger partial charge on any atom is -0.320 e. The number of H-pyrrole nitrogens is 1. The lowest BCUT2D eigenvalue weighted by molar-refractivity contribution is 0.862. The van der Waals surface area contributed by atoms with Crippen molar-refractivity contribution in [2.75, 3.05) is 0 Å². The first-order valence-electron chi connectivity index (χ1n) is 4.59. The van der Waals surface area contributed by atoms with E-state index in [1.165, 1.54) is 0 Å². The number of aromatic amines is 1. The first-order valence-corrected chi connectivity index (χ1v) is 4.59. The van der Waals surface area contributed by atoms with Gasteiger partial charge in [0.1, 0.15) is 0 Å². The Morgan fingerprint density at radius 2 is 2.00 bits per heavy atom. The quantitative estimate of drug-likeness (QED) is 0.752. The summed E-state index contributed by atoms with van der Waals surface area (Å²) in [5.41, 5.74) is 9.29. The highest BCUT2D eigenvalue weighted by atomic mass is 15.1. The van der Waals surface area contributed by atoms with Gasteiger partial charge in [0.15, 0.2) is 0 Å². The van der Waals surface area contributed by atoms with Crippen LogP contribution in [0.1, 0.15) is 22.9 Å². The maximum absolute atomic E-state index is 6.10. The molecule has 0 bridgehead atoms. The van der Waals surface area contributed by atoms with E-state index in [2.05, 4.69) is 10.2 Å². The van der Waals surface area contributed by atoms with Crippen LogP contribution in [-0.4, -0.2) is 10.2 Å². The number of nitrogens with one attached hydrogen (secondary N) is 1. The molecule has 0 fully saturated rings. The van der Waals surface area contributed by atoms with E-state index in [0.29, 0.717) is 0 Å². The van der Waals surface area contributed by atoms with Crippen LogP contribution in [0.25, 0.3) is 0 Å². The molecular weight excluding hydrogens is 174 g/mol. The van der Waals surface area contributed by atoms with Crippen LogP contribution in [0.5, 0.6) is 0 Å². The molecule has 0 aliphatic rings. The topological polar surface area (TPSA) is 54.7 Å². The van der Waals surface area contributed by atoms with Crippen LogP contribution < -0.4 is 5.73 Å². The van der Waals surface area contributed by atoms with Gasteiger partial charge in [0, 0.05) is 11.3 Å². The molecule has 3 nitrogen and oxygen atoms in total. The Labute approximate surface area is 83.0 Å². The van der Waals surface area contributed by atoms with Gasteiger partial charge in [-0.15, -0.1) is 0 Å². The summed E-state index contributed by atoms with van der Waals surface area (Å²) in [6.07, 6.45) is 1.78. The molecular formula is C11H13N3. The third-order valence-electron chi connectivity index (χ3n) is 2.36. The van der Waals surface area contributed by atoms with Gasteiger partial charge < -0.3 is 5.73 Å². The monoisotopic (exact) mass is 187 g/mol.